The Morgan fingerprint density at radius 3 is 2.43 bits per heavy atom. The minimum atomic E-state index is -2.84. The molecule has 0 aliphatic rings. The van der Waals surface area contributed by atoms with Crippen LogP contribution in [0.5, 0.6) is 17.2 Å². The Hall–Kier alpha value is -2.30. The molecule has 166 valence electrons. The van der Waals surface area contributed by atoms with Gasteiger partial charge < -0.3 is 24.8 Å². The predicted octanol–water partition coefficient (Wildman–Crippen LogP) is 4.22. The van der Waals surface area contributed by atoms with E-state index in [1.54, 1.807) is 26.4 Å². The summed E-state index contributed by atoms with van der Waals surface area (Å²) in [5.74, 6) is 2.15. The van der Waals surface area contributed by atoms with Gasteiger partial charge >= 0.3 is 6.61 Å². The second-order valence-corrected chi connectivity index (χ2v) is 6.09. The van der Waals surface area contributed by atoms with E-state index < -0.39 is 6.61 Å². The Balaban J connectivity index is 0.00000450. The van der Waals surface area contributed by atoms with Crippen LogP contribution in [0.15, 0.2) is 47.5 Å². The molecule has 0 saturated carbocycles. The van der Waals surface area contributed by atoms with Gasteiger partial charge in [-0.1, -0.05) is 18.2 Å². The lowest BCUT2D eigenvalue weighted by Crippen LogP contribution is -2.38. The number of rotatable bonds is 10. The third-order valence-corrected chi connectivity index (χ3v) is 4.04. The average molecular weight is 535 g/mol. The van der Waals surface area contributed by atoms with Crippen LogP contribution in [0.3, 0.4) is 0 Å². The standard InChI is InChI=1S/C21H27F2N3O3.HI/c1-4-24-21(26-14-16-6-5-7-17(12-16)29-20(22)23)25-11-10-15-8-9-18(27-2)19(13-15)28-3;/h5-9,12-13,20H,4,10-11,14H2,1-3H3,(H2,24,25,26);1H. The van der Waals surface area contributed by atoms with Crippen LogP contribution in [0.1, 0.15) is 18.1 Å². The highest BCUT2D eigenvalue weighted by atomic mass is 127. The lowest BCUT2D eigenvalue weighted by Gasteiger charge is -2.13. The van der Waals surface area contributed by atoms with Gasteiger partial charge in [-0.25, -0.2) is 4.99 Å². The predicted molar refractivity (Wildman–Crippen MR) is 125 cm³/mol. The van der Waals surface area contributed by atoms with Crippen molar-refractivity contribution in [1.82, 2.24) is 10.6 Å². The molecule has 2 aromatic rings. The zero-order valence-electron chi connectivity index (χ0n) is 17.3. The summed E-state index contributed by atoms with van der Waals surface area (Å²) >= 11 is 0. The Morgan fingerprint density at radius 2 is 1.77 bits per heavy atom. The van der Waals surface area contributed by atoms with Gasteiger partial charge in [0, 0.05) is 13.1 Å². The molecule has 0 radical (unpaired) electrons. The Bertz CT molecular complexity index is 807. The zero-order valence-corrected chi connectivity index (χ0v) is 19.6. The number of hydrogen-bond acceptors (Lipinski definition) is 4. The van der Waals surface area contributed by atoms with Crippen molar-refractivity contribution in [1.29, 1.82) is 0 Å². The van der Waals surface area contributed by atoms with Crippen molar-refractivity contribution in [2.24, 2.45) is 4.99 Å². The molecule has 0 aliphatic heterocycles. The van der Waals surface area contributed by atoms with E-state index in [-0.39, 0.29) is 29.7 Å². The van der Waals surface area contributed by atoms with Crippen molar-refractivity contribution in [3.05, 3.63) is 53.6 Å². The molecule has 0 atom stereocenters. The van der Waals surface area contributed by atoms with Gasteiger partial charge in [0.15, 0.2) is 17.5 Å². The van der Waals surface area contributed by atoms with Crippen molar-refractivity contribution in [2.45, 2.75) is 26.5 Å². The van der Waals surface area contributed by atoms with Crippen molar-refractivity contribution >= 4 is 29.9 Å². The van der Waals surface area contributed by atoms with Gasteiger partial charge in [0.25, 0.3) is 0 Å². The van der Waals surface area contributed by atoms with Crippen LogP contribution in [-0.4, -0.2) is 39.9 Å². The van der Waals surface area contributed by atoms with E-state index >= 15 is 0 Å². The molecule has 0 heterocycles. The van der Waals surface area contributed by atoms with Crippen molar-refractivity contribution in [2.75, 3.05) is 27.3 Å². The monoisotopic (exact) mass is 535 g/mol. The van der Waals surface area contributed by atoms with Crippen molar-refractivity contribution in [3.8, 4) is 17.2 Å². The molecule has 2 N–H and O–H groups in total. The number of guanidine groups is 1. The Kier molecular flexibility index (Phi) is 11.9. The van der Waals surface area contributed by atoms with E-state index in [9.17, 15) is 8.78 Å². The molecule has 9 heteroatoms. The second-order valence-electron chi connectivity index (χ2n) is 6.09. The van der Waals surface area contributed by atoms with E-state index in [0.29, 0.717) is 37.1 Å². The fourth-order valence-corrected chi connectivity index (χ4v) is 2.69. The molecule has 0 saturated heterocycles. The lowest BCUT2D eigenvalue weighted by atomic mass is 10.1. The second kappa shape index (κ2) is 13.8. The van der Waals surface area contributed by atoms with Gasteiger partial charge in [-0.15, -0.1) is 24.0 Å². The van der Waals surface area contributed by atoms with Crippen molar-refractivity contribution in [3.63, 3.8) is 0 Å². The van der Waals surface area contributed by atoms with E-state index in [1.165, 1.54) is 6.07 Å². The first kappa shape index (κ1) is 25.7. The molecule has 2 rings (SSSR count). The highest BCUT2D eigenvalue weighted by Gasteiger charge is 2.06. The van der Waals surface area contributed by atoms with Crippen molar-refractivity contribution < 1.29 is 23.0 Å². The first-order valence-corrected chi connectivity index (χ1v) is 9.32. The summed E-state index contributed by atoms with van der Waals surface area (Å²) in [6, 6.07) is 12.3. The number of methoxy groups -OCH3 is 2. The first-order valence-electron chi connectivity index (χ1n) is 9.32. The number of ether oxygens (including phenoxy) is 3. The van der Waals surface area contributed by atoms with E-state index in [0.717, 1.165) is 17.5 Å². The van der Waals surface area contributed by atoms with E-state index in [4.69, 9.17) is 9.47 Å². The number of aliphatic imine (C=N–C) groups is 1. The molecule has 0 aromatic heterocycles. The topological polar surface area (TPSA) is 64.1 Å². The Labute approximate surface area is 193 Å². The molecular weight excluding hydrogens is 507 g/mol. The van der Waals surface area contributed by atoms with Gasteiger partial charge in [0.05, 0.1) is 20.8 Å². The summed E-state index contributed by atoms with van der Waals surface area (Å²) in [6.45, 7) is 0.839. The van der Waals surface area contributed by atoms with Gasteiger partial charge in [-0.3, -0.25) is 0 Å². The smallest absolute Gasteiger partial charge is 0.387 e. The highest BCUT2D eigenvalue weighted by molar-refractivity contribution is 14.0. The molecule has 0 unspecified atom stereocenters. The fourth-order valence-electron chi connectivity index (χ4n) is 2.69. The molecule has 0 spiro atoms. The molecular formula is C21H28F2IN3O3. The Morgan fingerprint density at radius 1 is 1.00 bits per heavy atom. The lowest BCUT2D eigenvalue weighted by molar-refractivity contribution is -0.0498. The minimum absolute atomic E-state index is 0. The summed E-state index contributed by atoms with van der Waals surface area (Å²) < 4.78 is 39.7. The number of alkyl halides is 2. The van der Waals surface area contributed by atoms with Gasteiger partial charge in [0.1, 0.15) is 5.75 Å². The third kappa shape index (κ3) is 8.60. The number of benzene rings is 2. The maximum atomic E-state index is 12.4. The number of nitrogens with zero attached hydrogens (tertiary/aromatic N) is 1. The number of hydrogen-bond donors (Lipinski definition) is 2. The minimum Gasteiger partial charge on any atom is -0.493 e. The summed E-state index contributed by atoms with van der Waals surface area (Å²) in [4.78, 5) is 4.50. The molecule has 6 nitrogen and oxygen atoms in total. The van der Waals surface area contributed by atoms with Gasteiger partial charge in [0.2, 0.25) is 0 Å². The van der Waals surface area contributed by atoms with Crippen LogP contribution in [0.2, 0.25) is 0 Å². The number of halogens is 3. The highest BCUT2D eigenvalue weighted by Crippen LogP contribution is 2.27. The summed E-state index contributed by atoms with van der Waals surface area (Å²) in [6.07, 6.45) is 0.766. The van der Waals surface area contributed by atoms with Crippen LogP contribution in [0.25, 0.3) is 0 Å². The molecule has 0 bridgehead atoms. The summed E-state index contributed by atoms with van der Waals surface area (Å²) in [5, 5.41) is 6.44. The summed E-state index contributed by atoms with van der Waals surface area (Å²) in [7, 11) is 3.21. The third-order valence-electron chi connectivity index (χ3n) is 4.04. The zero-order chi connectivity index (χ0) is 21.1. The van der Waals surface area contributed by atoms with E-state index in [2.05, 4.69) is 20.4 Å². The van der Waals surface area contributed by atoms with Crippen LogP contribution in [-0.2, 0) is 13.0 Å². The SMILES string of the molecule is CCNC(=NCc1cccc(OC(F)F)c1)NCCc1ccc(OC)c(OC)c1.I. The molecule has 30 heavy (non-hydrogen) atoms. The first-order chi connectivity index (χ1) is 14.0. The molecule has 2 aromatic carbocycles. The largest absolute Gasteiger partial charge is 0.493 e. The van der Waals surface area contributed by atoms with Gasteiger partial charge in [-0.2, -0.15) is 8.78 Å². The quantitative estimate of drug-likeness (QED) is 0.271. The van der Waals surface area contributed by atoms with Crippen LogP contribution >= 0.6 is 24.0 Å². The fraction of sp³-hybridized carbons (Fsp3) is 0.381. The molecule has 0 aliphatic carbocycles. The average Bonchev–Trinajstić information content (AvgIpc) is 2.71. The van der Waals surface area contributed by atoms with Crippen LogP contribution in [0.4, 0.5) is 8.78 Å². The van der Waals surface area contributed by atoms with Gasteiger partial charge in [-0.05, 0) is 48.7 Å². The van der Waals surface area contributed by atoms with E-state index in [1.807, 2.05) is 31.2 Å². The summed E-state index contributed by atoms with van der Waals surface area (Å²) in [5.41, 5.74) is 1.88. The van der Waals surface area contributed by atoms with Crippen LogP contribution in [0, 0.1) is 0 Å². The molecule has 0 fully saturated rings. The normalized spacial score (nSPS) is 10.9. The maximum absolute atomic E-state index is 12.4. The van der Waals surface area contributed by atoms with Crippen LogP contribution < -0.4 is 24.8 Å². The maximum Gasteiger partial charge on any atom is 0.387 e. The number of nitrogens with one attached hydrogen (secondary N) is 2. The molecule has 0 amide bonds.